The third-order valence-corrected chi connectivity index (χ3v) is 8.00. The van der Waals surface area contributed by atoms with Crippen molar-refractivity contribution in [3.63, 3.8) is 0 Å². The van der Waals surface area contributed by atoms with Crippen LogP contribution in [0.4, 0.5) is 0 Å². The number of hydrogen-bond donors (Lipinski definition) is 1. The zero-order valence-electron chi connectivity index (χ0n) is 18.0. The van der Waals surface area contributed by atoms with E-state index in [-0.39, 0.29) is 16.7 Å². The summed E-state index contributed by atoms with van der Waals surface area (Å²) in [6, 6.07) is 7.18. The van der Waals surface area contributed by atoms with Gasteiger partial charge in [0.25, 0.3) is 5.56 Å². The number of nitrogens with zero attached hydrogens (tertiary/aromatic N) is 4. The molecule has 166 valence electrons. The Bertz CT molecular complexity index is 1090. The lowest BCUT2D eigenvalue weighted by Crippen LogP contribution is -2.47. The fraction of sp³-hybridized carbons (Fsp3) is 0.565. The molecule has 0 aliphatic carbocycles. The first-order chi connectivity index (χ1) is 15.0. The van der Waals surface area contributed by atoms with E-state index < -0.39 is 0 Å². The average Bonchev–Trinajstić information content (AvgIpc) is 2.76. The van der Waals surface area contributed by atoms with Crippen molar-refractivity contribution in [1.29, 1.82) is 0 Å². The van der Waals surface area contributed by atoms with Crippen molar-refractivity contribution in [2.24, 2.45) is 13.0 Å². The summed E-state index contributed by atoms with van der Waals surface area (Å²) in [7, 11) is 1.96. The van der Waals surface area contributed by atoms with Crippen molar-refractivity contribution >= 4 is 11.8 Å². The second-order valence-corrected chi connectivity index (χ2v) is 10.4. The van der Waals surface area contributed by atoms with E-state index in [2.05, 4.69) is 15.9 Å². The third-order valence-electron chi connectivity index (χ3n) is 7.06. The topological polar surface area (TPSA) is 70.7 Å². The molecule has 0 spiro atoms. The fourth-order valence-corrected chi connectivity index (χ4v) is 6.43. The van der Waals surface area contributed by atoms with E-state index in [4.69, 9.17) is 0 Å². The van der Waals surface area contributed by atoms with Gasteiger partial charge < -0.3 is 14.2 Å². The Labute approximate surface area is 186 Å². The smallest absolute Gasteiger partial charge is 0.250 e. The SMILES string of the molecule is Cn1c(CN2C[C@@H]3C[C@H](C2)c2cccc(=O)n2C3)cc(=O)c(O)c1CN1CCSCC1. The fourth-order valence-electron chi connectivity index (χ4n) is 5.45. The van der Waals surface area contributed by atoms with Crippen LogP contribution in [0.2, 0.25) is 0 Å². The molecule has 8 heteroatoms. The molecule has 2 aromatic heterocycles. The van der Waals surface area contributed by atoms with Gasteiger partial charge in [0, 0.05) is 93.8 Å². The molecule has 0 radical (unpaired) electrons. The Balaban J connectivity index is 1.38. The van der Waals surface area contributed by atoms with E-state index in [1.165, 1.54) is 0 Å². The normalized spacial score (nSPS) is 24.2. The predicted octanol–water partition coefficient (Wildman–Crippen LogP) is 1.42. The van der Waals surface area contributed by atoms with E-state index in [0.29, 0.717) is 30.6 Å². The summed E-state index contributed by atoms with van der Waals surface area (Å²) in [6.07, 6.45) is 1.12. The molecular weight excluding hydrogens is 412 g/mol. The van der Waals surface area contributed by atoms with Gasteiger partial charge in [0.2, 0.25) is 5.43 Å². The maximum Gasteiger partial charge on any atom is 0.250 e. The summed E-state index contributed by atoms with van der Waals surface area (Å²) in [5.41, 5.74) is 2.60. The van der Waals surface area contributed by atoms with Crippen LogP contribution >= 0.6 is 11.8 Å². The first kappa shape index (κ1) is 20.8. The zero-order chi connectivity index (χ0) is 21.5. The highest BCUT2D eigenvalue weighted by Gasteiger charge is 2.34. The molecular formula is C23H30N4O3S. The van der Waals surface area contributed by atoms with Gasteiger partial charge in [0.15, 0.2) is 5.75 Å². The van der Waals surface area contributed by atoms with Crippen molar-refractivity contribution < 1.29 is 5.11 Å². The number of likely N-dealkylation sites (tertiary alicyclic amines) is 1. The van der Waals surface area contributed by atoms with E-state index in [1.54, 1.807) is 12.1 Å². The van der Waals surface area contributed by atoms with E-state index in [0.717, 1.165) is 62.0 Å². The van der Waals surface area contributed by atoms with Gasteiger partial charge in [-0.1, -0.05) is 6.07 Å². The molecule has 3 aliphatic rings. The number of fused-ring (bicyclic) bond motifs is 4. The Kier molecular flexibility index (Phi) is 5.71. The second kappa shape index (κ2) is 8.48. The Morgan fingerprint density at radius 1 is 1.06 bits per heavy atom. The van der Waals surface area contributed by atoms with Crippen molar-refractivity contribution in [3.05, 3.63) is 61.9 Å². The van der Waals surface area contributed by atoms with Crippen LogP contribution in [-0.4, -0.2) is 61.7 Å². The number of hydrogen-bond acceptors (Lipinski definition) is 6. The van der Waals surface area contributed by atoms with E-state index in [9.17, 15) is 14.7 Å². The van der Waals surface area contributed by atoms with Gasteiger partial charge in [-0.05, 0) is 18.4 Å². The highest BCUT2D eigenvalue weighted by Crippen LogP contribution is 2.35. The molecule has 5 rings (SSSR count). The maximum absolute atomic E-state index is 12.6. The van der Waals surface area contributed by atoms with Crippen LogP contribution in [0.1, 0.15) is 29.4 Å². The van der Waals surface area contributed by atoms with Gasteiger partial charge >= 0.3 is 0 Å². The highest BCUT2D eigenvalue weighted by atomic mass is 32.2. The van der Waals surface area contributed by atoms with E-state index in [1.807, 2.05) is 34.0 Å². The molecule has 7 nitrogen and oxygen atoms in total. The van der Waals surface area contributed by atoms with Crippen LogP contribution < -0.4 is 11.0 Å². The summed E-state index contributed by atoms with van der Waals surface area (Å²) in [5.74, 6) is 2.87. The zero-order valence-corrected chi connectivity index (χ0v) is 18.8. The van der Waals surface area contributed by atoms with Gasteiger partial charge in [0.1, 0.15) is 0 Å². The Morgan fingerprint density at radius 2 is 1.87 bits per heavy atom. The quantitative estimate of drug-likeness (QED) is 0.772. The molecule has 1 N–H and O–H groups in total. The maximum atomic E-state index is 12.6. The van der Waals surface area contributed by atoms with Crippen LogP contribution in [0.5, 0.6) is 5.75 Å². The summed E-state index contributed by atoms with van der Waals surface area (Å²) in [4.78, 5) is 29.5. The summed E-state index contributed by atoms with van der Waals surface area (Å²) in [6.45, 7) is 5.83. The van der Waals surface area contributed by atoms with Crippen LogP contribution in [-0.2, 0) is 26.7 Å². The Hall–Kier alpha value is -2.03. The van der Waals surface area contributed by atoms with Gasteiger partial charge in [0.05, 0.1) is 5.69 Å². The molecule has 3 aliphatic heterocycles. The molecule has 0 saturated carbocycles. The molecule has 31 heavy (non-hydrogen) atoms. The lowest BCUT2D eigenvalue weighted by molar-refractivity contribution is 0.112. The average molecular weight is 443 g/mol. The molecule has 2 saturated heterocycles. The molecule has 0 amide bonds. The van der Waals surface area contributed by atoms with Crippen molar-refractivity contribution in [2.45, 2.75) is 32.0 Å². The van der Waals surface area contributed by atoms with Crippen molar-refractivity contribution in [1.82, 2.24) is 18.9 Å². The number of rotatable bonds is 4. The third kappa shape index (κ3) is 4.08. The van der Waals surface area contributed by atoms with Crippen molar-refractivity contribution in [3.8, 4) is 5.75 Å². The molecule has 5 heterocycles. The Morgan fingerprint density at radius 3 is 2.68 bits per heavy atom. The highest BCUT2D eigenvalue weighted by molar-refractivity contribution is 7.99. The van der Waals surface area contributed by atoms with Crippen LogP contribution in [0.3, 0.4) is 0 Å². The molecule has 2 bridgehead atoms. The monoisotopic (exact) mass is 442 g/mol. The number of aromatic nitrogens is 2. The number of pyridine rings is 2. The minimum absolute atomic E-state index is 0.0994. The molecule has 0 aromatic carbocycles. The van der Waals surface area contributed by atoms with Crippen LogP contribution in [0, 0.1) is 5.92 Å². The van der Waals surface area contributed by atoms with Crippen LogP contribution in [0.15, 0.2) is 33.9 Å². The minimum atomic E-state index is -0.288. The van der Waals surface area contributed by atoms with Gasteiger partial charge in [-0.15, -0.1) is 0 Å². The number of thioether (sulfide) groups is 1. The standard InChI is InChI=1S/C23H30N4O3S/c1-24-18(10-21(28)23(30)20(24)15-25-5-7-31-8-6-25)14-26-11-16-9-17(13-26)19-3-2-4-22(29)27(19)12-16/h2-4,10,16-17,30H,5-9,11-15H2,1H3/t16-,17+/m0/s1. The van der Waals surface area contributed by atoms with Gasteiger partial charge in [-0.2, -0.15) is 11.8 Å². The van der Waals surface area contributed by atoms with Crippen LogP contribution in [0.25, 0.3) is 0 Å². The lowest BCUT2D eigenvalue weighted by atomic mass is 9.83. The van der Waals surface area contributed by atoms with Crippen molar-refractivity contribution in [2.75, 3.05) is 37.7 Å². The summed E-state index contributed by atoms with van der Waals surface area (Å²) in [5, 5.41) is 10.5. The van der Waals surface area contributed by atoms with Gasteiger partial charge in [-0.25, -0.2) is 0 Å². The summed E-state index contributed by atoms with van der Waals surface area (Å²) < 4.78 is 3.96. The first-order valence-electron chi connectivity index (χ1n) is 11.1. The second-order valence-electron chi connectivity index (χ2n) is 9.13. The van der Waals surface area contributed by atoms with Gasteiger partial charge in [-0.3, -0.25) is 19.4 Å². The summed E-state index contributed by atoms with van der Waals surface area (Å²) >= 11 is 1.95. The molecule has 2 atom stereocenters. The molecule has 0 unspecified atom stereocenters. The minimum Gasteiger partial charge on any atom is -0.503 e. The molecule has 2 aromatic rings. The first-order valence-corrected chi connectivity index (χ1v) is 12.3. The lowest BCUT2D eigenvalue weighted by Gasteiger charge is -2.43. The predicted molar refractivity (Wildman–Crippen MR) is 123 cm³/mol. The number of aromatic hydroxyl groups is 1. The largest absolute Gasteiger partial charge is 0.503 e. The number of piperidine rings is 1. The van der Waals surface area contributed by atoms with E-state index >= 15 is 0 Å². The molecule has 2 fully saturated rings.